The molecule has 0 atom stereocenters. The molecule has 1 aromatic heterocycles. The lowest BCUT2D eigenvalue weighted by Crippen LogP contribution is -2.29. The normalized spacial score (nSPS) is 15.0. The van der Waals surface area contributed by atoms with E-state index < -0.39 is 0 Å². The van der Waals surface area contributed by atoms with Crippen LogP contribution in [0.15, 0.2) is 47.2 Å². The molecule has 21 heavy (non-hydrogen) atoms. The van der Waals surface area contributed by atoms with E-state index in [0.717, 1.165) is 16.8 Å². The molecule has 0 unspecified atom stereocenters. The number of hydrogen-bond acceptors (Lipinski definition) is 3. The van der Waals surface area contributed by atoms with E-state index >= 15 is 0 Å². The van der Waals surface area contributed by atoms with Gasteiger partial charge in [-0.15, -0.1) is 0 Å². The van der Waals surface area contributed by atoms with E-state index in [1.165, 1.54) is 43.6 Å². The van der Waals surface area contributed by atoms with Crippen LogP contribution in [0.5, 0.6) is 0 Å². The summed E-state index contributed by atoms with van der Waals surface area (Å²) in [7, 11) is 0. The van der Waals surface area contributed by atoms with Crippen molar-refractivity contribution in [2.24, 2.45) is 0 Å². The van der Waals surface area contributed by atoms with Gasteiger partial charge in [0.25, 0.3) is 0 Å². The first-order chi connectivity index (χ1) is 10.3. The number of pyridine rings is 1. The van der Waals surface area contributed by atoms with Crippen molar-refractivity contribution in [2.45, 2.75) is 25.8 Å². The van der Waals surface area contributed by atoms with Crippen molar-refractivity contribution in [3.05, 3.63) is 52.8 Å². The van der Waals surface area contributed by atoms with Gasteiger partial charge in [-0.2, -0.15) is 0 Å². The molecule has 3 nitrogen and oxygen atoms in total. The molecule has 0 bridgehead atoms. The minimum Gasteiger partial charge on any atom is -0.379 e. The lowest BCUT2D eigenvalue weighted by molar-refractivity contribution is 0.578. The zero-order valence-corrected chi connectivity index (χ0v) is 13.6. The summed E-state index contributed by atoms with van der Waals surface area (Å²) >= 11 is 3.45. The Kier molecular flexibility index (Phi) is 4.76. The molecule has 2 heterocycles. The molecule has 3 rings (SSSR count). The first-order valence-electron chi connectivity index (χ1n) is 7.51. The maximum absolute atomic E-state index is 4.21. The Bertz CT molecular complexity index is 577. The average Bonchev–Trinajstić information content (AvgIpc) is 2.55. The Morgan fingerprint density at radius 2 is 1.81 bits per heavy atom. The fourth-order valence-corrected chi connectivity index (χ4v) is 3.08. The lowest BCUT2D eigenvalue weighted by atomic mass is 10.1. The average molecular weight is 346 g/mol. The van der Waals surface area contributed by atoms with Crippen molar-refractivity contribution in [2.75, 3.05) is 23.3 Å². The molecule has 0 amide bonds. The number of anilines is 2. The van der Waals surface area contributed by atoms with Crippen molar-refractivity contribution in [3.63, 3.8) is 0 Å². The minimum atomic E-state index is 0.810. The van der Waals surface area contributed by atoms with Crippen molar-refractivity contribution < 1.29 is 0 Å². The van der Waals surface area contributed by atoms with Crippen molar-refractivity contribution in [3.8, 4) is 0 Å². The van der Waals surface area contributed by atoms with Crippen LogP contribution in [-0.4, -0.2) is 18.1 Å². The number of halogens is 1. The Morgan fingerprint density at radius 3 is 2.52 bits per heavy atom. The van der Waals surface area contributed by atoms with Gasteiger partial charge in [-0.25, -0.2) is 4.98 Å². The van der Waals surface area contributed by atoms with Crippen molar-refractivity contribution >= 4 is 27.3 Å². The van der Waals surface area contributed by atoms with Crippen LogP contribution in [0.3, 0.4) is 0 Å². The van der Waals surface area contributed by atoms with Crippen LogP contribution in [0.1, 0.15) is 24.8 Å². The number of hydrogen-bond donors (Lipinski definition) is 1. The summed E-state index contributed by atoms with van der Waals surface area (Å²) in [5.74, 6) is 0. The highest BCUT2D eigenvalue weighted by molar-refractivity contribution is 9.10. The van der Waals surface area contributed by atoms with E-state index in [0.29, 0.717) is 0 Å². The second-order valence-electron chi connectivity index (χ2n) is 5.41. The summed E-state index contributed by atoms with van der Waals surface area (Å²) in [5.41, 5.74) is 3.66. The Labute approximate surface area is 134 Å². The summed E-state index contributed by atoms with van der Waals surface area (Å²) in [5, 5.41) is 3.41. The zero-order chi connectivity index (χ0) is 14.5. The quantitative estimate of drug-likeness (QED) is 0.830. The first kappa shape index (κ1) is 14.4. The van der Waals surface area contributed by atoms with E-state index in [1.54, 1.807) is 6.20 Å². The van der Waals surface area contributed by atoms with Crippen LogP contribution < -0.4 is 10.2 Å². The highest BCUT2D eigenvalue weighted by Gasteiger charge is 2.10. The maximum Gasteiger partial charge on any atom is 0.129 e. The monoisotopic (exact) mass is 345 g/mol. The Balaban J connectivity index is 1.60. The summed E-state index contributed by atoms with van der Waals surface area (Å²) in [6, 6.07) is 12.9. The Morgan fingerprint density at radius 1 is 1.05 bits per heavy atom. The number of nitrogens with zero attached hydrogens (tertiary/aromatic N) is 2. The maximum atomic E-state index is 4.21. The van der Waals surface area contributed by atoms with Crippen LogP contribution in [0, 0.1) is 0 Å². The summed E-state index contributed by atoms with van der Waals surface area (Å²) < 4.78 is 0.856. The molecule has 1 fully saturated rings. The van der Waals surface area contributed by atoms with Gasteiger partial charge < -0.3 is 10.2 Å². The molecule has 2 aromatic rings. The number of nitrogens with one attached hydrogen (secondary N) is 1. The molecule has 1 aromatic carbocycles. The van der Waals surface area contributed by atoms with Gasteiger partial charge in [0.15, 0.2) is 0 Å². The van der Waals surface area contributed by atoms with Gasteiger partial charge in [-0.05, 0) is 65.0 Å². The van der Waals surface area contributed by atoms with Gasteiger partial charge in [0.1, 0.15) is 4.60 Å². The predicted octanol–water partition coefficient (Wildman–Crippen LogP) is 4.45. The second-order valence-corrected chi connectivity index (χ2v) is 6.16. The largest absolute Gasteiger partial charge is 0.379 e. The topological polar surface area (TPSA) is 28.2 Å². The SMILES string of the molecule is Brc1ncccc1NCc1ccc(N2CCCCC2)cc1. The molecular weight excluding hydrogens is 326 g/mol. The fourth-order valence-electron chi connectivity index (χ4n) is 2.69. The molecule has 110 valence electrons. The third kappa shape index (κ3) is 3.76. The first-order valence-corrected chi connectivity index (χ1v) is 8.30. The van der Waals surface area contributed by atoms with E-state index in [4.69, 9.17) is 0 Å². The zero-order valence-electron chi connectivity index (χ0n) is 12.1. The summed E-state index contributed by atoms with van der Waals surface area (Å²) in [6.45, 7) is 3.20. The van der Waals surface area contributed by atoms with Gasteiger partial charge in [-0.3, -0.25) is 0 Å². The summed E-state index contributed by atoms with van der Waals surface area (Å²) in [6.07, 6.45) is 5.79. The van der Waals surface area contributed by atoms with E-state index in [9.17, 15) is 0 Å². The minimum absolute atomic E-state index is 0.810. The van der Waals surface area contributed by atoms with Crippen LogP contribution in [-0.2, 0) is 6.54 Å². The summed E-state index contributed by atoms with van der Waals surface area (Å²) in [4.78, 5) is 6.70. The van der Waals surface area contributed by atoms with Crippen molar-refractivity contribution in [1.82, 2.24) is 4.98 Å². The van der Waals surface area contributed by atoms with Crippen molar-refractivity contribution in [1.29, 1.82) is 0 Å². The van der Waals surface area contributed by atoms with Gasteiger partial charge in [-0.1, -0.05) is 12.1 Å². The van der Waals surface area contributed by atoms with Crippen LogP contribution in [0.4, 0.5) is 11.4 Å². The number of benzene rings is 1. The molecule has 4 heteroatoms. The van der Waals surface area contributed by atoms with Gasteiger partial charge in [0.05, 0.1) is 5.69 Å². The number of piperidine rings is 1. The van der Waals surface area contributed by atoms with Crippen LogP contribution >= 0.6 is 15.9 Å². The van der Waals surface area contributed by atoms with E-state index in [1.807, 2.05) is 12.1 Å². The molecule has 1 saturated heterocycles. The predicted molar refractivity (Wildman–Crippen MR) is 91.8 cm³/mol. The molecule has 1 N–H and O–H groups in total. The van der Waals surface area contributed by atoms with Gasteiger partial charge in [0, 0.05) is 31.5 Å². The fraction of sp³-hybridized carbons (Fsp3) is 0.353. The number of aromatic nitrogens is 1. The lowest BCUT2D eigenvalue weighted by Gasteiger charge is -2.28. The van der Waals surface area contributed by atoms with Crippen LogP contribution in [0.2, 0.25) is 0 Å². The van der Waals surface area contributed by atoms with Crippen LogP contribution in [0.25, 0.3) is 0 Å². The van der Waals surface area contributed by atoms with E-state index in [-0.39, 0.29) is 0 Å². The second kappa shape index (κ2) is 6.94. The van der Waals surface area contributed by atoms with Gasteiger partial charge >= 0.3 is 0 Å². The molecule has 0 saturated carbocycles. The number of rotatable bonds is 4. The van der Waals surface area contributed by atoms with Gasteiger partial charge in [0.2, 0.25) is 0 Å². The third-order valence-electron chi connectivity index (χ3n) is 3.90. The smallest absolute Gasteiger partial charge is 0.129 e. The highest BCUT2D eigenvalue weighted by Crippen LogP contribution is 2.22. The third-order valence-corrected chi connectivity index (χ3v) is 4.53. The Hall–Kier alpha value is -1.55. The molecule has 0 aliphatic carbocycles. The molecular formula is C17H20BrN3. The molecule has 1 aliphatic rings. The highest BCUT2D eigenvalue weighted by atomic mass is 79.9. The standard InChI is InChI=1S/C17H20BrN3/c18-17-16(5-4-10-19-17)20-13-14-6-8-15(9-7-14)21-11-2-1-3-12-21/h4-10,20H,1-3,11-13H2. The van der Waals surface area contributed by atoms with E-state index in [2.05, 4.69) is 55.4 Å². The molecule has 1 aliphatic heterocycles. The molecule has 0 spiro atoms. The molecule has 0 radical (unpaired) electrons.